The summed E-state index contributed by atoms with van der Waals surface area (Å²) in [5.74, 6) is 0.871. The number of aromatic nitrogens is 2. The van der Waals surface area contributed by atoms with E-state index in [9.17, 15) is 8.42 Å². The highest BCUT2D eigenvalue weighted by Gasteiger charge is 2.32. The average Bonchev–Trinajstić information content (AvgIpc) is 2.82. The van der Waals surface area contributed by atoms with Gasteiger partial charge in [-0.05, 0) is 31.5 Å². The van der Waals surface area contributed by atoms with Gasteiger partial charge in [-0.3, -0.25) is 0 Å². The first-order chi connectivity index (χ1) is 9.40. The topological polar surface area (TPSA) is 74.8 Å². The van der Waals surface area contributed by atoms with Gasteiger partial charge in [-0.2, -0.15) is 0 Å². The molecule has 1 unspecified atom stereocenters. The molecule has 1 fully saturated rings. The van der Waals surface area contributed by atoms with Crippen LogP contribution >= 0.6 is 0 Å². The Morgan fingerprint density at radius 3 is 2.80 bits per heavy atom. The third kappa shape index (κ3) is 2.23. The molecular formula is C14H19N3O2S. The number of nitrogens with zero attached hydrogens (tertiary/aromatic N) is 1. The fraction of sp³-hybridized carbons (Fsp3) is 0.500. The zero-order valence-corrected chi connectivity index (χ0v) is 12.5. The molecule has 3 rings (SSSR count). The second kappa shape index (κ2) is 4.56. The molecule has 0 saturated carbocycles. The Bertz CT molecular complexity index is 743. The molecule has 2 heterocycles. The van der Waals surface area contributed by atoms with E-state index in [1.807, 2.05) is 6.07 Å². The number of sulfone groups is 1. The Morgan fingerprint density at radius 2 is 2.15 bits per heavy atom. The van der Waals surface area contributed by atoms with Crippen LogP contribution in [-0.4, -0.2) is 37.7 Å². The number of nitrogens with one attached hydrogen (secondary N) is 2. The first-order valence-electron chi connectivity index (χ1n) is 6.80. The molecule has 2 aromatic rings. The molecule has 0 radical (unpaired) electrons. The largest absolute Gasteiger partial charge is 0.341 e. The molecule has 108 valence electrons. The molecule has 0 bridgehead atoms. The molecule has 2 N–H and O–H groups in total. The summed E-state index contributed by atoms with van der Waals surface area (Å²) in [4.78, 5) is 8.20. The molecule has 6 heteroatoms. The summed E-state index contributed by atoms with van der Waals surface area (Å²) in [5, 5.41) is 3.38. The molecule has 1 atom stereocenters. The molecule has 5 nitrogen and oxygen atoms in total. The van der Waals surface area contributed by atoms with Crippen LogP contribution in [0.3, 0.4) is 0 Å². The molecule has 1 aliphatic heterocycles. The Balaban J connectivity index is 2.16. The number of rotatable bonds is 2. The van der Waals surface area contributed by atoms with Crippen molar-refractivity contribution in [3.05, 3.63) is 24.0 Å². The number of piperidine rings is 1. The minimum absolute atomic E-state index is 0.0634. The molecule has 1 saturated heterocycles. The highest BCUT2D eigenvalue weighted by molar-refractivity contribution is 7.91. The molecule has 0 aliphatic carbocycles. The fourth-order valence-corrected chi connectivity index (χ4v) is 3.68. The van der Waals surface area contributed by atoms with Crippen molar-refractivity contribution < 1.29 is 8.42 Å². The van der Waals surface area contributed by atoms with Crippen LogP contribution < -0.4 is 5.32 Å². The van der Waals surface area contributed by atoms with Gasteiger partial charge in [0.05, 0.1) is 10.4 Å². The summed E-state index contributed by atoms with van der Waals surface area (Å²) < 4.78 is 23.7. The van der Waals surface area contributed by atoms with E-state index in [-0.39, 0.29) is 5.41 Å². The van der Waals surface area contributed by atoms with Crippen molar-refractivity contribution in [2.24, 2.45) is 0 Å². The van der Waals surface area contributed by atoms with Gasteiger partial charge < -0.3 is 10.3 Å². The lowest BCUT2D eigenvalue weighted by molar-refractivity contribution is 0.326. The van der Waals surface area contributed by atoms with E-state index < -0.39 is 9.84 Å². The summed E-state index contributed by atoms with van der Waals surface area (Å²) in [6.07, 6.45) is 3.38. The highest BCUT2D eigenvalue weighted by atomic mass is 32.2. The van der Waals surface area contributed by atoms with E-state index in [2.05, 4.69) is 22.2 Å². The van der Waals surface area contributed by atoms with Gasteiger partial charge in [0.1, 0.15) is 11.3 Å². The van der Waals surface area contributed by atoms with Crippen LogP contribution in [0.2, 0.25) is 0 Å². The van der Waals surface area contributed by atoms with Crippen LogP contribution in [0.15, 0.2) is 23.1 Å². The van der Waals surface area contributed by atoms with Crippen LogP contribution in [0.25, 0.3) is 11.0 Å². The Kier molecular flexibility index (Phi) is 3.10. The van der Waals surface area contributed by atoms with Crippen LogP contribution in [0.1, 0.15) is 25.6 Å². The van der Waals surface area contributed by atoms with Gasteiger partial charge in [-0.1, -0.05) is 13.0 Å². The lowest BCUT2D eigenvalue weighted by atomic mass is 9.82. The molecule has 20 heavy (non-hydrogen) atoms. The van der Waals surface area contributed by atoms with Gasteiger partial charge >= 0.3 is 0 Å². The first kappa shape index (κ1) is 13.6. The molecular weight excluding hydrogens is 274 g/mol. The van der Waals surface area contributed by atoms with E-state index in [4.69, 9.17) is 0 Å². The van der Waals surface area contributed by atoms with Gasteiger partial charge in [0.2, 0.25) is 0 Å². The maximum absolute atomic E-state index is 11.8. The molecule has 0 spiro atoms. The number of hydrogen-bond acceptors (Lipinski definition) is 4. The van der Waals surface area contributed by atoms with Crippen molar-refractivity contribution in [1.82, 2.24) is 15.3 Å². The summed E-state index contributed by atoms with van der Waals surface area (Å²) in [6.45, 7) is 4.06. The van der Waals surface area contributed by atoms with Crippen molar-refractivity contribution in [3.63, 3.8) is 0 Å². The number of aromatic amines is 1. The predicted molar refractivity (Wildman–Crippen MR) is 78.7 cm³/mol. The summed E-state index contributed by atoms with van der Waals surface area (Å²) in [5.41, 5.74) is 1.28. The number of H-pyrrole nitrogens is 1. The van der Waals surface area contributed by atoms with Crippen LogP contribution in [0, 0.1) is 0 Å². The lowest BCUT2D eigenvalue weighted by Gasteiger charge is -2.32. The Labute approximate surface area is 118 Å². The van der Waals surface area contributed by atoms with Crippen molar-refractivity contribution in [1.29, 1.82) is 0 Å². The van der Waals surface area contributed by atoms with Crippen LogP contribution in [0.5, 0.6) is 0 Å². The zero-order chi connectivity index (χ0) is 14.4. The first-order valence-corrected chi connectivity index (χ1v) is 8.69. The minimum atomic E-state index is -3.26. The number of imidazole rings is 1. The zero-order valence-electron chi connectivity index (χ0n) is 11.7. The van der Waals surface area contributed by atoms with Gasteiger partial charge in [0.15, 0.2) is 9.84 Å². The van der Waals surface area contributed by atoms with E-state index in [1.54, 1.807) is 12.1 Å². The number of hydrogen-bond donors (Lipinski definition) is 2. The Hall–Kier alpha value is -1.40. The Morgan fingerprint density at radius 1 is 1.35 bits per heavy atom. The number of benzene rings is 1. The van der Waals surface area contributed by atoms with E-state index >= 15 is 0 Å². The van der Waals surface area contributed by atoms with Gasteiger partial charge in [-0.25, -0.2) is 13.4 Å². The van der Waals surface area contributed by atoms with Gasteiger partial charge in [0, 0.05) is 18.2 Å². The van der Waals surface area contributed by atoms with Gasteiger partial charge in [-0.15, -0.1) is 0 Å². The molecule has 0 amide bonds. The van der Waals surface area contributed by atoms with E-state index in [0.29, 0.717) is 10.4 Å². The minimum Gasteiger partial charge on any atom is -0.341 e. The van der Waals surface area contributed by atoms with E-state index in [1.165, 1.54) is 6.26 Å². The van der Waals surface area contributed by atoms with Crippen molar-refractivity contribution in [3.8, 4) is 0 Å². The quantitative estimate of drug-likeness (QED) is 0.882. The summed E-state index contributed by atoms with van der Waals surface area (Å²) in [7, 11) is -3.26. The normalized spacial score (nSPS) is 24.1. The van der Waals surface area contributed by atoms with Crippen molar-refractivity contribution >= 4 is 20.9 Å². The fourth-order valence-electron chi connectivity index (χ4n) is 2.85. The lowest BCUT2D eigenvalue weighted by Crippen LogP contribution is -2.41. The standard InChI is InChI=1S/C14H19N3O2S/c1-14(7-4-8-15-9-14)13-16-10-5-3-6-11(12(10)17-13)20(2,18)19/h3,5-6,15H,4,7-9H2,1-2H3,(H,16,17). The second-order valence-electron chi connectivity index (χ2n) is 5.85. The number of para-hydroxylation sites is 1. The number of fused-ring (bicyclic) bond motifs is 1. The van der Waals surface area contributed by atoms with Crippen LogP contribution in [-0.2, 0) is 15.3 Å². The summed E-state index contributed by atoms with van der Waals surface area (Å²) in [6, 6.07) is 5.24. The molecule has 1 aromatic heterocycles. The monoisotopic (exact) mass is 293 g/mol. The SMILES string of the molecule is CC1(c2nc3c(S(C)(=O)=O)cccc3[nH]2)CCCNC1. The third-order valence-electron chi connectivity index (χ3n) is 4.04. The smallest absolute Gasteiger partial charge is 0.177 e. The maximum atomic E-state index is 11.8. The second-order valence-corrected chi connectivity index (χ2v) is 7.84. The predicted octanol–water partition coefficient (Wildman–Crippen LogP) is 1.61. The van der Waals surface area contributed by atoms with Crippen molar-refractivity contribution in [2.75, 3.05) is 19.3 Å². The highest BCUT2D eigenvalue weighted by Crippen LogP contribution is 2.31. The maximum Gasteiger partial charge on any atom is 0.177 e. The summed E-state index contributed by atoms with van der Waals surface area (Å²) >= 11 is 0. The molecule has 1 aromatic carbocycles. The van der Waals surface area contributed by atoms with Crippen molar-refractivity contribution in [2.45, 2.75) is 30.1 Å². The van der Waals surface area contributed by atoms with Crippen LogP contribution in [0.4, 0.5) is 0 Å². The van der Waals surface area contributed by atoms with E-state index in [0.717, 1.165) is 37.3 Å². The molecule has 1 aliphatic rings. The van der Waals surface area contributed by atoms with Gasteiger partial charge in [0.25, 0.3) is 0 Å². The third-order valence-corrected chi connectivity index (χ3v) is 5.17. The average molecular weight is 293 g/mol.